The average molecular weight is 262 g/mol. The maximum atomic E-state index is 11.3. The fourth-order valence-corrected chi connectivity index (χ4v) is 2.58. The van der Waals surface area contributed by atoms with Crippen LogP contribution >= 0.6 is 0 Å². The Morgan fingerprint density at radius 2 is 2.11 bits per heavy atom. The second-order valence-corrected chi connectivity index (χ2v) is 5.50. The molecule has 0 aliphatic heterocycles. The van der Waals surface area contributed by atoms with Gasteiger partial charge < -0.3 is 10.1 Å². The van der Waals surface area contributed by atoms with Crippen LogP contribution in [0.4, 0.5) is 0 Å². The van der Waals surface area contributed by atoms with Crippen LogP contribution in [0.3, 0.4) is 0 Å². The molecule has 0 bridgehead atoms. The molecule has 1 heterocycles. The van der Waals surface area contributed by atoms with Crippen molar-refractivity contribution in [3.05, 3.63) is 29.6 Å². The summed E-state index contributed by atoms with van der Waals surface area (Å²) < 4.78 is 4.65. The predicted molar refractivity (Wildman–Crippen MR) is 73.9 cm³/mol. The summed E-state index contributed by atoms with van der Waals surface area (Å²) in [7, 11) is 1.38. The SMILES string of the molecule is COC(=O)c1ccc(CNC2(C)CCCCC2)nc1. The van der Waals surface area contributed by atoms with Crippen LogP contribution in [0.1, 0.15) is 55.1 Å². The van der Waals surface area contributed by atoms with Crippen molar-refractivity contribution < 1.29 is 9.53 Å². The molecule has 0 radical (unpaired) electrons. The highest BCUT2D eigenvalue weighted by molar-refractivity contribution is 5.88. The smallest absolute Gasteiger partial charge is 0.339 e. The van der Waals surface area contributed by atoms with E-state index in [0.717, 1.165) is 12.2 Å². The third kappa shape index (κ3) is 3.77. The number of pyridine rings is 1. The molecule has 1 fully saturated rings. The summed E-state index contributed by atoms with van der Waals surface area (Å²) in [5.41, 5.74) is 1.69. The van der Waals surface area contributed by atoms with E-state index in [1.165, 1.54) is 39.2 Å². The Balaban J connectivity index is 1.91. The molecule has 1 aliphatic rings. The molecule has 0 aromatic carbocycles. The Morgan fingerprint density at radius 3 is 2.68 bits per heavy atom. The normalized spacial score (nSPS) is 18.0. The van der Waals surface area contributed by atoms with E-state index < -0.39 is 0 Å². The first-order valence-corrected chi connectivity index (χ1v) is 6.91. The number of aromatic nitrogens is 1. The summed E-state index contributed by atoms with van der Waals surface area (Å²) >= 11 is 0. The Labute approximate surface area is 114 Å². The Morgan fingerprint density at radius 1 is 1.37 bits per heavy atom. The van der Waals surface area contributed by atoms with Gasteiger partial charge in [0, 0.05) is 18.3 Å². The number of hydrogen-bond donors (Lipinski definition) is 1. The van der Waals surface area contributed by atoms with E-state index >= 15 is 0 Å². The Bertz CT molecular complexity index is 422. The molecule has 0 unspecified atom stereocenters. The van der Waals surface area contributed by atoms with Crippen LogP contribution in [0.15, 0.2) is 18.3 Å². The molecular formula is C15H22N2O2. The van der Waals surface area contributed by atoms with Crippen LogP contribution in [-0.4, -0.2) is 23.6 Å². The van der Waals surface area contributed by atoms with Crippen molar-refractivity contribution in [2.75, 3.05) is 7.11 Å². The number of nitrogens with one attached hydrogen (secondary N) is 1. The lowest BCUT2D eigenvalue weighted by atomic mass is 9.83. The fraction of sp³-hybridized carbons (Fsp3) is 0.600. The second-order valence-electron chi connectivity index (χ2n) is 5.50. The molecule has 0 saturated heterocycles. The number of nitrogens with zero attached hydrogens (tertiary/aromatic N) is 1. The van der Waals surface area contributed by atoms with E-state index in [1.54, 1.807) is 12.3 Å². The van der Waals surface area contributed by atoms with Crippen LogP contribution < -0.4 is 5.32 Å². The van der Waals surface area contributed by atoms with Crippen LogP contribution in [0.2, 0.25) is 0 Å². The third-order valence-corrected chi connectivity index (χ3v) is 3.90. The number of carbonyl (C=O) groups is 1. The zero-order chi connectivity index (χ0) is 13.7. The lowest BCUT2D eigenvalue weighted by molar-refractivity contribution is 0.0600. The van der Waals surface area contributed by atoms with Crippen LogP contribution in [0, 0.1) is 0 Å². The number of carbonyl (C=O) groups excluding carboxylic acids is 1. The molecule has 4 heteroatoms. The van der Waals surface area contributed by atoms with E-state index in [2.05, 4.69) is 22.0 Å². The van der Waals surface area contributed by atoms with Gasteiger partial charge in [-0.25, -0.2) is 4.79 Å². The van der Waals surface area contributed by atoms with Crippen molar-refractivity contribution in [1.29, 1.82) is 0 Å². The highest BCUT2D eigenvalue weighted by atomic mass is 16.5. The predicted octanol–water partition coefficient (Wildman–Crippen LogP) is 2.68. The molecule has 0 atom stereocenters. The van der Waals surface area contributed by atoms with Gasteiger partial charge in [0.15, 0.2) is 0 Å². The van der Waals surface area contributed by atoms with Crippen molar-refractivity contribution in [1.82, 2.24) is 10.3 Å². The van der Waals surface area contributed by atoms with Gasteiger partial charge in [-0.05, 0) is 31.9 Å². The first kappa shape index (κ1) is 14.0. The molecule has 19 heavy (non-hydrogen) atoms. The van der Waals surface area contributed by atoms with E-state index in [1.807, 2.05) is 6.07 Å². The fourth-order valence-electron chi connectivity index (χ4n) is 2.58. The maximum Gasteiger partial charge on any atom is 0.339 e. The summed E-state index contributed by atoms with van der Waals surface area (Å²) in [6, 6.07) is 3.64. The van der Waals surface area contributed by atoms with Gasteiger partial charge in [-0.1, -0.05) is 19.3 Å². The summed E-state index contributed by atoms with van der Waals surface area (Å²) in [5, 5.41) is 3.60. The molecule has 1 aliphatic carbocycles. The Hall–Kier alpha value is -1.42. The number of hydrogen-bond acceptors (Lipinski definition) is 4. The van der Waals surface area contributed by atoms with E-state index in [9.17, 15) is 4.79 Å². The first-order valence-electron chi connectivity index (χ1n) is 6.91. The number of esters is 1. The van der Waals surface area contributed by atoms with E-state index in [0.29, 0.717) is 5.56 Å². The van der Waals surface area contributed by atoms with Gasteiger partial charge in [-0.3, -0.25) is 4.98 Å². The van der Waals surface area contributed by atoms with Gasteiger partial charge in [0.2, 0.25) is 0 Å². The minimum Gasteiger partial charge on any atom is -0.465 e. The molecule has 1 aromatic heterocycles. The van der Waals surface area contributed by atoms with Crippen molar-refractivity contribution in [3.63, 3.8) is 0 Å². The maximum absolute atomic E-state index is 11.3. The van der Waals surface area contributed by atoms with Crippen molar-refractivity contribution in [2.45, 2.75) is 51.1 Å². The van der Waals surface area contributed by atoms with Crippen molar-refractivity contribution >= 4 is 5.97 Å². The highest BCUT2D eigenvalue weighted by Crippen LogP contribution is 2.27. The molecule has 4 nitrogen and oxygen atoms in total. The van der Waals surface area contributed by atoms with Crippen molar-refractivity contribution in [3.8, 4) is 0 Å². The third-order valence-electron chi connectivity index (χ3n) is 3.90. The first-order chi connectivity index (χ1) is 9.13. The van der Waals surface area contributed by atoms with E-state index in [-0.39, 0.29) is 11.5 Å². The molecule has 0 amide bonds. The average Bonchev–Trinajstić information content (AvgIpc) is 2.46. The van der Waals surface area contributed by atoms with E-state index in [4.69, 9.17) is 0 Å². The van der Waals surface area contributed by atoms with Crippen molar-refractivity contribution in [2.24, 2.45) is 0 Å². The quantitative estimate of drug-likeness (QED) is 0.848. The zero-order valence-corrected chi connectivity index (χ0v) is 11.7. The highest BCUT2D eigenvalue weighted by Gasteiger charge is 2.25. The lowest BCUT2D eigenvalue weighted by Gasteiger charge is -2.34. The van der Waals surface area contributed by atoms with Gasteiger partial charge in [0.05, 0.1) is 18.4 Å². The number of rotatable bonds is 4. The minimum absolute atomic E-state index is 0.237. The van der Waals surface area contributed by atoms with Crippen LogP contribution in [-0.2, 0) is 11.3 Å². The van der Waals surface area contributed by atoms with Gasteiger partial charge in [0.25, 0.3) is 0 Å². The molecule has 1 aromatic rings. The standard InChI is InChI=1S/C15H22N2O2/c1-15(8-4-3-5-9-15)17-11-13-7-6-12(10-16-13)14(18)19-2/h6-7,10,17H,3-5,8-9,11H2,1-2H3. The monoisotopic (exact) mass is 262 g/mol. The van der Waals surface area contributed by atoms with Crippen LogP contribution in [0.5, 0.6) is 0 Å². The zero-order valence-electron chi connectivity index (χ0n) is 11.7. The molecule has 1 saturated carbocycles. The second kappa shape index (κ2) is 6.15. The number of methoxy groups -OCH3 is 1. The van der Waals surface area contributed by atoms with Gasteiger partial charge in [-0.15, -0.1) is 0 Å². The molecule has 2 rings (SSSR count). The molecule has 104 valence electrons. The van der Waals surface area contributed by atoms with Crippen LogP contribution in [0.25, 0.3) is 0 Å². The van der Waals surface area contributed by atoms with Gasteiger partial charge >= 0.3 is 5.97 Å². The topological polar surface area (TPSA) is 51.2 Å². The lowest BCUT2D eigenvalue weighted by Crippen LogP contribution is -2.43. The van der Waals surface area contributed by atoms with Gasteiger partial charge in [-0.2, -0.15) is 0 Å². The Kier molecular flexibility index (Phi) is 4.53. The molecule has 0 spiro atoms. The largest absolute Gasteiger partial charge is 0.465 e. The summed E-state index contributed by atoms with van der Waals surface area (Å²) in [5.74, 6) is -0.341. The number of ether oxygens (including phenoxy) is 1. The summed E-state index contributed by atoms with van der Waals surface area (Å²) in [4.78, 5) is 15.6. The summed E-state index contributed by atoms with van der Waals surface area (Å²) in [6.45, 7) is 3.03. The minimum atomic E-state index is -0.341. The van der Waals surface area contributed by atoms with Gasteiger partial charge in [0.1, 0.15) is 0 Å². The molecule has 1 N–H and O–H groups in total. The summed E-state index contributed by atoms with van der Waals surface area (Å²) in [6.07, 6.45) is 7.99. The molecular weight excluding hydrogens is 240 g/mol.